The summed E-state index contributed by atoms with van der Waals surface area (Å²) in [5, 5.41) is 3.46. The van der Waals surface area contributed by atoms with Crippen LogP contribution in [0.15, 0.2) is 0 Å². The molecule has 0 amide bonds. The standard InChI is InChI=1S/C11H19NO2.ClH/c13-9-14-7-5-11(3-4-11)10-2-1-6-12-8-10;/h9-10,12H,1-8H2;1H. The minimum Gasteiger partial charge on any atom is -0.468 e. The van der Waals surface area contributed by atoms with Gasteiger partial charge in [0.1, 0.15) is 0 Å². The summed E-state index contributed by atoms with van der Waals surface area (Å²) >= 11 is 0. The van der Waals surface area contributed by atoms with Crippen LogP contribution < -0.4 is 5.32 Å². The average Bonchev–Trinajstić information content (AvgIpc) is 3.01. The summed E-state index contributed by atoms with van der Waals surface area (Å²) in [6.07, 6.45) is 6.40. The van der Waals surface area contributed by atoms with Crippen LogP contribution in [0.3, 0.4) is 0 Å². The van der Waals surface area contributed by atoms with Crippen molar-refractivity contribution >= 4 is 18.9 Å². The molecule has 15 heavy (non-hydrogen) atoms. The molecular formula is C11H20ClNO2. The number of carbonyl (C=O) groups excluding carboxylic acids is 1. The number of halogens is 1. The zero-order valence-corrected chi connectivity index (χ0v) is 9.85. The van der Waals surface area contributed by atoms with E-state index in [1.54, 1.807) is 0 Å². The van der Waals surface area contributed by atoms with Crippen molar-refractivity contribution in [2.24, 2.45) is 11.3 Å². The normalized spacial score (nSPS) is 27.6. The fourth-order valence-electron chi connectivity index (χ4n) is 2.71. The highest BCUT2D eigenvalue weighted by atomic mass is 35.5. The Bertz CT molecular complexity index is 201. The molecule has 1 atom stereocenters. The van der Waals surface area contributed by atoms with Gasteiger partial charge in [0, 0.05) is 0 Å². The smallest absolute Gasteiger partial charge is 0.293 e. The molecule has 2 fully saturated rings. The van der Waals surface area contributed by atoms with Crippen LogP contribution in [-0.4, -0.2) is 26.2 Å². The van der Waals surface area contributed by atoms with Crippen molar-refractivity contribution in [3.05, 3.63) is 0 Å². The molecule has 1 N–H and O–H groups in total. The molecule has 1 aliphatic heterocycles. The van der Waals surface area contributed by atoms with Crippen molar-refractivity contribution in [1.82, 2.24) is 5.32 Å². The van der Waals surface area contributed by atoms with Crippen molar-refractivity contribution < 1.29 is 9.53 Å². The lowest BCUT2D eigenvalue weighted by molar-refractivity contribution is -0.129. The van der Waals surface area contributed by atoms with Crippen LogP contribution in [-0.2, 0) is 9.53 Å². The molecule has 1 heterocycles. The number of hydrogen-bond donors (Lipinski definition) is 1. The van der Waals surface area contributed by atoms with Crippen LogP contribution in [0.4, 0.5) is 0 Å². The highest BCUT2D eigenvalue weighted by Gasteiger charge is 2.48. The van der Waals surface area contributed by atoms with Gasteiger partial charge in [-0.05, 0) is 56.5 Å². The van der Waals surface area contributed by atoms with Gasteiger partial charge in [-0.3, -0.25) is 4.79 Å². The third-order valence-corrected chi connectivity index (χ3v) is 3.84. The Morgan fingerprint density at radius 3 is 2.80 bits per heavy atom. The molecule has 1 saturated heterocycles. The van der Waals surface area contributed by atoms with Gasteiger partial charge in [-0.1, -0.05) is 0 Å². The molecule has 0 aromatic carbocycles. The van der Waals surface area contributed by atoms with Gasteiger partial charge in [0.2, 0.25) is 0 Å². The third kappa shape index (κ3) is 3.08. The lowest BCUT2D eigenvalue weighted by atomic mass is 9.81. The Kier molecular flexibility index (Phi) is 4.87. The second-order valence-electron chi connectivity index (χ2n) is 4.62. The summed E-state index contributed by atoms with van der Waals surface area (Å²) < 4.78 is 4.80. The molecule has 0 radical (unpaired) electrons. The molecule has 3 nitrogen and oxygen atoms in total. The number of nitrogens with one attached hydrogen (secondary N) is 1. The fourth-order valence-corrected chi connectivity index (χ4v) is 2.71. The third-order valence-electron chi connectivity index (χ3n) is 3.84. The number of ether oxygens (including phenoxy) is 1. The Morgan fingerprint density at radius 1 is 1.47 bits per heavy atom. The van der Waals surface area contributed by atoms with E-state index < -0.39 is 0 Å². The fraction of sp³-hybridized carbons (Fsp3) is 0.909. The van der Waals surface area contributed by atoms with Crippen molar-refractivity contribution in [3.63, 3.8) is 0 Å². The molecule has 0 bridgehead atoms. The molecule has 1 aliphatic carbocycles. The SMILES string of the molecule is Cl.O=COCCC1(C2CCCNC2)CC1. The maximum absolute atomic E-state index is 10.1. The largest absolute Gasteiger partial charge is 0.468 e. The van der Waals surface area contributed by atoms with Crippen molar-refractivity contribution in [3.8, 4) is 0 Å². The van der Waals surface area contributed by atoms with E-state index in [9.17, 15) is 4.79 Å². The van der Waals surface area contributed by atoms with E-state index in [4.69, 9.17) is 4.74 Å². The van der Waals surface area contributed by atoms with Gasteiger partial charge in [-0.15, -0.1) is 12.4 Å². The van der Waals surface area contributed by atoms with Gasteiger partial charge >= 0.3 is 0 Å². The van der Waals surface area contributed by atoms with E-state index in [2.05, 4.69) is 5.32 Å². The van der Waals surface area contributed by atoms with Gasteiger partial charge in [0.05, 0.1) is 6.61 Å². The van der Waals surface area contributed by atoms with Crippen LogP contribution in [0.1, 0.15) is 32.1 Å². The first kappa shape index (κ1) is 12.8. The molecule has 88 valence electrons. The average molecular weight is 234 g/mol. The Labute approximate surface area is 97.4 Å². The summed E-state index contributed by atoms with van der Waals surface area (Å²) in [6.45, 7) is 3.52. The van der Waals surface area contributed by atoms with Gasteiger partial charge in [-0.25, -0.2) is 0 Å². The van der Waals surface area contributed by atoms with Crippen molar-refractivity contribution in [2.75, 3.05) is 19.7 Å². The quantitative estimate of drug-likeness (QED) is 0.581. The maximum atomic E-state index is 10.1. The second kappa shape index (κ2) is 5.71. The van der Waals surface area contributed by atoms with E-state index in [1.165, 1.54) is 38.8 Å². The summed E-state index contributed by atoms with van der Waals surface area (Å²) in [4.78, 5) is 10.1. The molecule has 0 spiro atoms. The Morgan fingerprint density at radius 2 is 2.27 bits per heavy atom. The van der Waals surface area contributed by atoms with E-state index in [1.807, 2.05) is 0 Å². The predicted molar refractivity (Wildman–Crippen MR) is 61.1 cm³/mol. The van der Waals surface area contributed by atoms with Crippen molar-refractivity contribution in [2.45, 2.75) is 32.1 Å². The lowest BCUT2D eigenvalue weighted by Crippen LogP contribution is -2.35. The maximum Gasteiger partial charge on any atom is 0.293 e. The molecule has 2 aliphatic rings. The number of hydrogen-bond acceptors (Lipinski definition) is 3. The van der Waals surface area contributed by atoms with Crippen LogP contribution in [0, 0.1) is 11.3 Å². The summed E-state index contributed by atoms with van der Waals surface area (Å²) in [5.74, 6) is 0.825. The van der Waals surface area contributed by atoms with E-state index in [0.29, 0.717) is 18.5 Å². The second-order valence-corrected chi connectivity index (χ2v) is 4.62. The highest BCUT2D eigenvalue weighted by Crippen LogP contribution is 2.56. The van der Waals surface area contributed by atoms with Gasteiger partial charge in [0.25, 0.3) is 6.47 Å². The molecule has 2 rings (SSSR count). The molecule has 0 aromatic heterocycles. The van der Waals surface area contributed by atoms with Crippen LogP contribution in [0.2, 0.25) is 0 Å². The van der Waals surface area contributed by atoms with Crippen molar-refractivity contribution in [1.29, 1.82) is 0 Å². The van der Waals surface area contributed by atoms with Crippen LogP contribution >= 0.6 is 12.4 Å². The van der Waals surface area contributed by atoms with E-state index >= 15 is 0 Å². The minimum absolute atomic E-state index is 0. The van der Waals surface area contributed by atoms with E-state index in [0.717, 1.165) is 12.3 Å². The van der Waals surface area contributed by atoms with Gasteiger partial charge in [0.15, 0.2) is 0 Å². The predicted octanol–water partition coefficient (Wildman–Crippen LogP) is 1.75. The molecule has 0 aromatic rings. The zero-order valence-electron chi connectivity index (χ0n) is 9.04. The van der Waals surface area contributed by atoms with Crippen LogP contribution in [0.5, 0.6) is 0 Å². The Balaban J connectivity index is 0.00000112. The molecular weight excluding hydrogens is 214 g/mol. The number of rotatable bonds is 5. The zero-order chi connectivity index (χ0) is 9.86. The summed E-state index contributed by atoms with van der Waals surface area (Å²) in [5.41, 5.74) is 0.524. The van der Waals surface area contributed by atoms with Crippen LogP contribution in [0.25, 0.3) is 0 Å². The van der Waals surface area contributed by atoms with Gasteiger partial charge < -0.3 is 10.1 Å². The first-order valence-electron chi connectivity index (χ1n) is 5.63. The molecule has 1 saturated carbocycles. The minimum atomic E-state index is 0. The lowest BCUT2D eigenvalue weighted by Gasteiger charge is -2.30. The monoisotopic (exact) mass is 233 g/mol. The molecule has 1 unspecified atom stereocenters. The Hall–Kier alpha value is -0.280. The van der Waals surface area contributed by atoms with Gasteiger partial charge in [-0.2, -0.15) is 0 Å². The molecule has 4 heteroatoms. The summed E-state index contributed by atoms with van der Waals surface area (Å²) in [6, 6.07) is 0. The van der Waals surface area contributed by atoms with E-state index in [-0.39, 0.29) is 12.4 Å². The highest BCUT2D eigenvalue weighted by molar-refractivity contribution is 5.85. The summed E-state index contributed by atoms with van der Waals surface area (Å²) in [7, 11) is 0. The first-order valence-corrected chi connectivity index (χ1v) is 5.63. The number of piperidine rings is 1. The topological polar surface area (TPSA) is 38.3 Å². The first-order chi connectivity index (χ1) is 6.87. The number of carbonyl (C=O) groups is 1.